The van der Waals surface area contributed by atoms with Crippen LogP contribution in [-0.4, -0.2) is 23.7 Å². The third-order valence-corrected chi connectivity index (χ3v) is 3.41. The predicted octanol–water partition coefficient (Wildman–Crippen LogP) is 2.88. The van der Waals surface area contributed by atoms with E-state index in [4.69, 9.17) is 4.74 Å². The molecule has 1 aliphatic heterocycles. The number of nitrogens with one attached hydrogen (secondary N) is 1. The van der Waals surface area contributed by atoms with Crippen molar-refractivity contribution in [3.05, 3.63) is 33.9 Å². The van der Waals surface area contributed by atoms with Gasteiger partial charge in [0.25, 0.3) is 5.69 Å². The zero-order valence-electron chi connectivity index (χ0n) is 10.7. The molecule has 0 aromatic heterocycles. The summed E-state index contributed by atoms with van der Waals surface area (Å²) in [4.78, 5) is 10.5. The number of rotatable bonds is 4. The van der Waals surface area contributed by atoms with Gasteiger partial charge in [0.2, 0.25) is 0 Å². The molecule has 0 radical (unpaired) electrons. The Morgan fingerprint density at radius 3 is 2.94 bits per heavy atom. The van der Waals surface area contributed by atoms with Crippen LogP contribution in [0.15, 0.2) is 18.2 Å². The maximum atomic E-state index is 10.9. The van der Waals surface area contributed by atoms with Crippen LogP contribution in [0.5, 0.6) is 0 Å². The number of nitro groups is 1. The summed E-state index contributed by atoms with van der Waals surface area (Å²) >= 11 is 0. The Morgan fingerprint density at radius 1 is 1.56 bits per heavy atom. The van der Waals surface area contributed by atoms with Crippen molar-refractivity contribution in [1.82, 2.24) is 0 Å². The van der Waals surface area contributed by atoms with Gasteiger partial charge in [-0.2, -0.15) is 0 Å². The van der Waals surface area contributed by atoms with Crippen LogP contribution in [0.4, 0.5) is 11.4 Å². The fourth-order valence-electron chi connectivity index (χ4n) is 2.31. The molecule has 2 atom stereocenters. The Labute approximate surface area is 106 Å². The minimum atomic E-state index is -0.350. The van der Waals surface area contributed by atoms with Crippen molar-refractivity contribution >= 4 is 11.4 Å². The molecule has 5 nitrogen and oxygen atoms in total. The zero-order chi connectivity index (χ0) is 13.1. The molecule has 1 fully saturated rings. The van der Waals surface area contributed by atoms with E-state index in [1.54, 1.807) is 13.0 Å². The minimum absolute atomic E-state index is 0.152. The van der Waals surface area contributed by atoms with Crippen molar-refractivity contribution in [3.8, 4) is 0 Å². The molecule has 1 N–H and O–H groups in total. The van der Waals surface area contributed by atoms with E-state index in [9.17, 15) is 10.1 Å². The van der Waals surface area contributed by atoms with Crippen LogP contribution in [0.2, 0.25) is 0 Å². The second-order valence-corrected chi connectivity index (χ2v) is 4.69. The van der Waals surface area contributed by atoms with Crippen LogP contribution in [0.25, 0.3) is 0 Å². The molecule has 2 rings (SSSR count). The third-order valence-electron chi connectivity index (χ3n) is 3.41. The normalized spacial score (nSPS) is 20.7. The highest BCUT2D eigenvalue weighted by atomic mass is 16.6. The van der Waals surface area contributed by atoms with E-state index in [2.05, 4.69) is 5.32 Å². The van der Waals surface area contributed by atoms with Crippen LogP contribution in [0.1, 0.15) is 25.3 Å². The highest BCUT2D eigenvalue weighted by Crippen LogP contribution is 2.27. The molecular formula is C13H18N2O3. The molecule has 1 aromatic rings. The summed E-state index contributed by atoms with van der Waals surface area (Å²) in [6.45, 7) is 4.63. The molecule has 98 valence electrons. The summed E-state index contributed by atoms with van der Waals surface area (Å²) in [6, 6.07) is 5.26. The minimum Gasteiger partial charge on any atom is -0.380 e. The lowest BCUT2D eigenvalue weighted by molar-refractivity contribution is -0.385. The highest BCUT2D eigenvalue weighted by molar-refractivity contribution is 5.60. The molecule has 0 saturated carbocycles. The molecule has 0 amide bonds. The molecule has 5 heteroatoms. The molecular weight excluding hydrogens is 232 g/mol. The van der Waals surface area contributed by atoms with Gasteiger partial charge in [-0.15, -0.1) is 0 Å². The molecule has 1 saturated heterocycles. The number of hydrogen-bond acceptors (Lipinski definition) is 4. The van der Waals surface area contributed by atoms with Gasteiger partial charge in [0.05, 0.1) is 11.0 Å². The highest BCUT2D eigenvalue weighted by Gasteiger charge is 2.23. The fourth-order valence-corrected chi connectivity index (χ4v) is 2.31. The third kappa shape index (κ3) is 2.61. The molecule has 1 heterocycles. The first-order chi connectivity index (χ1) is 8.59. The van der Waals surface area contributed by atoms with E-state index in [0.717, 1.165) is 25.1 Å². The van der Waals surface area contributed by atoms with E-state index >= 15 is 0 Å². The smallest absolute Gasteiger partial charge is 0.274 e. The lowest BCUT2D eigenvalue weighted by Crippen LogP contribution is -2.30. The van der Waals surface area contributed by atoms with E-state index in [0.29, 0.717) is 5.56 Å². The lowest BCUT2D eigenvalue weighted by atomic mass is 10.1. The maximum absolute atomic E-state index is 10.9. The van der Waals surface area contributed by atoms with Crippen molar-refractivity contribution in [3.63, 3.8) is 0 Å². The average Bonchev–Trinajstić information content (AvgIpc) is 2.85. The fraction of sp³-hybridized carbons (Fsp3) is 0.538. The molecule has 2 unspecified atom stereocenters. The van der Waals surface area contributed by atoms with Crippen LogP contribution in [-0.2, 0) is 4.74 Å². The molecule has 1 aromatic carbocycles. The largest absolute Gasteiger partial charge is 0.380 e. The van der Waals surface area contributed by atoms with Gasteiger partial charge in [-0.3, -0.25) is 10.1 Å². The molecule has 0 aliphatic carbocycles. The van der Waals surface area contributed by atoms with Gasteiger partial charge in [-0.05, 0) is 32.8 Å². The zero-order valence-corrected chi connectivity index (χ0v) is 10.7. The van der Waals surface area contributed by atoms with E-state index in [1.807, 2.05) is 13.0 Å². The molecule has 1 aliphatic rings. The van der Waals surface area contributed by atoms with Gasteiger partial charge < -0.3 is 10.1 Å². The second kappa shape index (κ2) is 5.35. The average molecular weight is 250 g/mol. The first kappa shape index (κ1) is 12.8. The summed E-state index contributed by atoms with van der Waals surface area (Å²) in [5, 5.41) is 14.2. The van der Waals surface area contributed by atoms with E-state index in [-0.39, 0.29) is 22.8 Å². The number of nitrogens with zero attached hydrogens (tertiary/aromatic N) is 1. The van der Waals surface area contributed by atoms with Gasteiger partial charge in [-0.1, -0.05) is 6.07 Å². The Kier molecular flexibility index (Phi) is 3.81. The summed E-state index contributed by atoms with van der Waals surface area (Å²) < 4.78 is 5.61. The first-order valence-corrected chi connectivity index (χ1v) is 6.21. The Bertz CT molecular complexity index is 442. The number of benzene rings is 1. The predicted molar refractivity (Wildman–Crippen MR) is 69.9 cm³/mol. The van der Waals surface area contributed by atoms with Gasteiger partial charge >= 0.3 is 0 Å². The van der Waals surface area contributed by atoms with Gasteiger partial charge in [0.1, 0.15) is 0 Å². The summed E-state index contributed by atoms with van der Waals surface area (Å²) in [5.74, 6) is 0. The van der Waals surface area contributed by atoms with Crippen molar-refractivity contribution in [2.24, 2.45) is 0 Å². The topological polar surface area (TPSA) is 64.4 Å². The SMILES string of the molecule is Cc1c(NC(C)C2CCCO2)cccc1[N+](=O)[O-]. The number of ether oxygens (including phenoxy) is 1. The van der Waals surface area contributed by atoms with Crippen LogP contribution >= 0.6 is 0 Å². The van der Waals surface area contributed by atoms with Crippen molar-refractivity contribution in [2.75, 3.05) is 11.9 Å². The summed E-state index contributed by atoms with van der Waals surface area (Å²) in [7, 11) is 0. The maximum Gasteiger partial charge on any atom is 0.274 e. The molecule has 0 bridgehead atoms. The van der Waals surface area contributed by atoms with Crippen molar-refractivity contribution in [1.29, 1.82) is 0 Å². The van der Waals surface area contributed by atoms with Crippen molar-refractivity contribution < 1.29 is 9.66 Å². The number of nitro benzene ring substituents is 1. The van der Waals surface area contributed by atoms with Crippen LogP contribution in [0.3, 0.4) is 0 Å². The molecule has 0 spiro atoms. The Morgan fingerprint density at radius 2 is 2.33 bits per heavy atom. The van der Waals surface area contributed by atoms with Crippen LogP contribution < -0.4 is 5.32 Å². The first-order valence-electron chi connectivity index (χ1n) is 6.21. The van der Waals surface area contributed by atoms with E-state index < -0.39 is 0 Å². The lowest BCUT2D eigenvalue weighted by Gasteiger charge is -2.22. The van der Waals surface area contributed by atoms with Gasteiger partial charge in [-0.25, -0.2) is 0 Å². The van der Waals surface area contributed by atoms with Gasteiger partial charge in [0, 0.05) is 30.0 Å². The summed E-state index contributed by atoms with van der Waals surface area (Å²) in [6.07, 6.45) is 2.33. The Balaban J connectivity index is 2.13. The van der Waals surface area contributed by atoms with Crippen LogP contribution in [0, 0.1) is 17.0 Å². The quantitative estimate of drug-likeness (QED) is 0.659. The monoisotopic (exact) mass is 250 g/mol. The number of anilines is 1. The van der Waals surface area contributed by atoms with E-state index in [1.165, 1.54) is 6.07 Å². The second-order valence-electron chi connectivity index (χ2n) is 4.69. The standard InChI is InChI=1S/C13H18N2O3/c1-9-11(5-3-6-12(9)15(16)17)14-10(2)13-7-4-8-18-13/h3,5-6,10,13-14H,4,7-8H2,1-2H3. The Hall–Kier alpha value is -1.62. The number of hydrogen-bond donors (Lipinski definition) is 1. The molecule has 18 heavy (non-hydrogen) atoms. The van der Waals surface area contributed by atoms with Crippen molar-refractivity contribution in [2.45, 2.75) is 38.8 Å². The summed E-state index contributed by atoms with van der Waals surface area (Å²) in [5.41, 5.74) is 1.64. The van der Waals surface area contributed by atoms with Gasteiger partial charge in [0.15, 0.2) is 0 Å².